The number of benzene rings is 1. The Bertz CT molecular complexity index is 760. The van der Waals surface area contributed by atoms with Gasteiger partial charge in [0, 0.05) is 5.69 Å². The monoisotopic (exact) mass is 295 g/mol. The topological polar surface area (TPSA) is 85.1 Å². The van der Waals surface area contributed by atoms with E-state index in [1.165, 1.54) is 12.1 Å². The maximum Gasteiger partial charge on any atom is 0.263 e. The van der Waals surface area contributed by atoms with Crippen molar-refractivity contribution in [2.24, 2.45) is 0 Å². The fourth-order valence-electron chi connectivity index (χ4n) is 1.91. The number of aromatic nitrogens is 1. The van der Waals surface area contributed by atoms with Crippen LogP contribution < -0.4 is 10.5 Å². The number of nitrogens with zero attached hydrogens (tertiary/aromatic N) is 1. The molecule has 3 N–H and O–H groups in total. The molecular formula is C13H14FN3O2S. The molecule has 0 spiro atoms. The van der Waals surface area contributed by atoms with Crippen LogP contribution in [0.1, 0.15) is 11.1 Å². The van der Waals surface area contributed by atoms with Gasteiger partial charge in [-0.3, -0.25) is 4.72 Å². The molecule has 1 heterocycles. The Hall–Kier alpha value is -2.15. The summed E-state index contributed by atoms with van der Waals surface area (Å²) < 4.78 is 40.0. The van der Waals surface area contributed by atoms with Gasteiger partial charge in [0.1, 0.15) is 5.82 Å². The predicted octanol–water partition coefficient (Wildman–Crippen LogP) is 2.22. The molecule has 20 heavy (non-hydrogen) atoms. The summed E-state index contributed by atoms with van der Waals surface area (Å²) in [6, 6.07) is 7.14. The predicted molar refractivity (Wildman–Crippen MR) is 75.3 cm³/mol. The Morgan fingerprint density at radius 2 is 1.90 bits per heavy atom. The van der Waals surface area contributed by atoms with Crippen LogP contribution in [0.3, 0.4) is 0 Å². The average molecular weight is 295 g/mol. The van der Waals surface area contributed by atoms with Crippen LogP contribution in [0.15, 0.2) is 35.2 Å². The lowest BCUT2D eigenvalue weighted by atomic mass is 10.1. The third kappa shape index (κ3) is 2.72. The Labute approximate surface area is 116 Å². The molecule has 0 fully saturated rings. The number of pyridine rings is 1. The molecule has 0 unspecified atom stereocenters. The van der Waals surface area contributed by atoms with Gasteiger partial charge in [-0.1, -0.05) is 12.1 Å². The van der Waals surface area contributed by atoms with Crippen molar-refractivity contribution in [3.63, 3.8) is 0 Å². The van der Waals surface area contributed by atoms with E-state index in [9.17, 15) is 12.8 Å². The highest BCUT2D eigenvalue weighted by atomic mass is 32.2. The van der Waals surface area contributed by atoms with Gasteiger partial charge in [0.25, 0.3) is 10.0 Å². The summed E-state index contributed by atoms with van der Waals surface area (Å²) in [7, 11) is -3.87. The summed E-state index contributed by atoms with van der Waals surface area (Å²) in [5.41, 5.74) is 7.12. The minimum atomic E-state index is -3.87. The lowest BCUT2D eigenvalue weighted by Crippen LogP contribution is -2.17. The van der Waals surface area contributed by atoms with E-state index in [1.54, 1.807) is 26.0 Å². The number of nitrogen functional groups attached to an aromatic ring is 1. The number of hydrogen-bond acceptors (Lipinski definition) is 4. The summed E-state index contributed by atoms with van der Waals surface area (Å²) in [5.74, 6) is -0.836. The Balaban J connectivity index is 2.49. The zero-order valence-electron chi connectivity index (χ0n) is 11.0. The van der Waals surface area contributed by atoms with Gasteiger partial charge in [0.05, 0.1) is 4.90 Å². The molecule has 106 valence electrons. The molecule has 0 aliphatic heterocycles. The van der Waals surface area contributed by atoms with Crippen molar-refractivity contribution in [2.45, 2.75) is 18.7 Å². The molecule has 0 saturated carbocycles. The number of sulfonamides is 1. The number of rotatable bonds is 3. The second-order valence-electron chi connectivity index (χ2n) is 4.38. The van der Waals surface area contributed by atoms with Crippen molar-refractivity contribution in [2.75, 3.05) is 10.5 Å². The molecule has 0 amide bonds. The zero-order valence-corrected chi connectivity index (χ0v) is 11.8. The molecule has 5 nitrogen and oxygen atoms in total. The number of halogens is 1. The van der Waals surface area contributed by atoms with E-state index in [0.717, 1.165) is 6.07 Å². The molecule has 2 aromatic rings. The second kappa shape index (κ2) is 5.09. The molecule has 1 aromatic carbocycles. The second-order valence-corrected chi connectivity index (χ2v) is 6.00. The van der Waals surface area contributed by atoms with Gasteiger partial charge in [-0.2, -0.15) is 4.39 Å². The van der Waals surface area contributed by atoms with Gasteiger partial charge in [0.2, 0.25) is 5.95 Å². The number of nitrogens with two attached hydrogens (primary N) is 1. The van der Waals surface area contributed by atoms with Gasteiger partial charge < -0.3 is 5.73 Å². The lowest BCUT2D eigenvalue weighted by Gasteiger charge is -2.13. The first kappa shape index (κ1) is 14.3. The summed E-state index contributed by atoms with van der Waals surface area (Å²) in [4.78, 5) is 3.56. The van der Waals surface area contributed by atoms with Crippen LogP contribution in [0.25, 0.3) is 0 Å². The van der Waals surface area contributed by atoms with Crippen molar-refractivity contribution >= 4 is 21.5 Å². The Morgan fingerprint density at radius 3 is 2.55 bits per heavy atom. The first-order chi connectivity index (χ1) is 9.31. The SMILES string of the molecule is Cc1ccc(N)c(C)c1S(=O)(=O)Nc1cccc(F)n1. The third-order valence-corrected chi connectivity index (χ3v) is 4.51. The number of aryl methyl sites for hydroxylation is 1. The van der Waals surface area contributed by atoms with Crippen molar-refractivity contribution in [3.8, 4) is 0 Å². The van der Waals surface area contributed by atoms with Gasteiger partial charge in [-0.25, -0.2) is 13.4 Å². The van der Waals surface area contributed by atoms with Crippen LogP contribution >= 0.6 is 0 Å². The fraction of sp³-hybridized carbons (Fsp3) is 0.154. The molecule has 2 rings (SSSR count). The number of nitrogens with one attached hydrogen (secondary N) is 1. The van der Waals surface area contributed by atoms with E-state index in [1.807, 2.05) is 0 Å². The minimum absolute atomic E-state index is 0.0776. The molecule has 0 atom stereocenters. The maximum absolute atomic E-state index is 13.0. The van der Waals surface area contributed by atoms with Crippen LogP contribution in [0.2, 0.25) is 0 Å². The van der Waals surface area contributed by atoms with Crippen LogP contribution in [-0.4, -0.2) is 13.4 Å². The quantitative estimate of drug-likeness (QED) is 0.671. The van der Waals surface area contributed by atoms with Crippen LogP contribution in [-0.2, 0) is 10.0 Å². The van der Waals surface area contributed by atoms with E-state index >= 15 is 0 Å². The van der Waals surface area contributed by atoms with Gasteiger partial charge in [-0.15, -0.1) is 0 Å². The minimum Gasteiger partial charge on any atom is -0.398 e. The number of hydrogen-bond donors (Lipinski definition) is 2. The third-order valence-electron chi connectivity index (χ3n) is 2.87. The molecular weight excluding hydrogens is 281 g/mol. The Morgan fingerprint density at radius 1 is 1.20 bits per heavy atom. The Kier molecular flexibility index (Phi) is 3.63. The molecule has 0 saturated heterocycles. The summed E-state index contributed by atoms with van der Waals surface area (Å²) in [6.45, 7) is 3.29. The van der Waals surface area contributed by atoms with E-state index < -0.39 is 16.0 Å². The zero-order chi connectivity index (χ0) is 14.9. The van der Waals surface area contributed by atoms with Gasteiger partial charge in [0.15, 0.2) is 0 Å². The van der Waals surface area contributed by atoms with Crippen molar-refractivity contribution in [1.82, 2.24) is 4.98 Å². The molecule has 0 bridgehead atoms. The highest BCUT2D eigenvalue weighted by molar-refractivity contribution is 7.92. The maximum atomic E-state index is 13.0. The van der Waals surface area contributed by atoms with Crippen LogP contribution in [0.4, 0.5) is 15.9 Å². The highest BCUT2D eigenvalue weighted by Crippen LogP contribution is 2.26. The molecule has 0 aliphatic rings. The summed E-state index contributed by atoms with van der Waals surface area (Å²) in [6.07, 6.45) is 0. The van der Waals surface area contributed by atoms with E-state index in [-0.39, 0.29) is 10.7 Å². The smallest absolute Gasteiger partial charge is 0.263 e. The van der Waals surface area contributed by atoms with Crippen LogP contribution in [0, 0.1) is 19.8 Å². The molecule has 1 aromatic heterocycles. The standard InChI is InChI=1S/C13H14FN3O2S/c1-8-6-7-10(15)9(2)13(8)20(18,19)17-12-5-3-4-11(14)16-12/h3-7H,15H2,1-2H3,(H,16,17). The first-order valence-electron chi connectivity index (χ1n) is 5.82. The average Bonchev–Trinajstić information content (AvgIpc) is 2.33. The van der Waals surface area contributed by atoms with Crippen molar-refractivity contribution in [3.05, 3.63) is 47.4 Å². The summed E-state index contributed by atoms with van der Waals surface area (Å²) >= 11 is 0. The molecule has 0 aliphatic carbocycles. The largest absolute Gasteiger partial charge is 0.398 e. The fourth-order valence-corrected chi connectivity index (χ4v) is 3.41. The van der Waals surface area contributed by atoms with Crippen LogP contribution in [0.5, 0.6) is 0 Å². The lowest BCUT2D eigenvalue weighted by molar-refractivity contribution is 0.584. The molecule has 0 radical (unpaired) electrons. The number of anilines is 2. The van der Waals surface area contributed by atoms with Crippen molar-refractivity contribution < 1.29 is 12.8 Å². The van der Waals surface area contributed by atoms with Gasteiger partial charge >= 0.3 is 0 Å². The van der Waals surface area contributed by atoms with Crippen molar-refractivity contribution in [1.29, 1.82) is 0 Å². The normalized spacial score (nSPS) is 11.3. The first-order valence-corrected chi connectivity index (χ1v) is 7.30. The van der Waals surface area contributed by atoms with E-state index in [2.05, 4.69) is 9.71 Å². The van der Waals surface area contributed by atoms with Gasteiger partial charge in [-0.05, 0) is 43.2 Å². The van der Waals surface area contributed by atoms with E-state index in [0.29, 0.717) is 16.8 Å². The molecule has 7 heteroatoms. The summed E-state index contributed by atoms with van der Waals surface area (Å²) in [5, 5.41) is 0. The van der Waals surface area contributed by atoms with E-state index in [4.69, 9.17) is 5.73 Å². The highest BCUT2D eigenvalue weighted by Gasteiger charge is 2.21.